The summed E-state index contributed by atoms with van der Waals surface area (Å²) in [5.41, 5.74) is 7.73. The van der Waals surface area contributed by atoms with E-state index in [1.54, 1.807) is 12.1 Å². The lowest BCUT2D eigenvalue weighted by Crippen LogP contribution is -2.43. The summed E-state index contributed by atoms with van der Waals surface area (Å²) in [7, 11) is 0. The Balaban J connectivity index is 1.43. The summed E-state index contributed by atoms with van der Waals surface area (Å²) in [5.74, 6) is 2.21. The maximum Gasteiger partial charge on any atom is 0.276 e. The van der Waals surface area contributed by atoms with E-state index >= 15 is 0 Å². The van der Waals surface area contributed by atoms with Crippen molar-refractivity contribution in [1.82, 2.24) is 10.9 Å². The number of ether oxygens (including phenoxy) is 1. The van der Waals surface area contributed by atoms with E-state index in [0.29, 0.717) is 15.9 Å². The number of aryl methyl sites for hydroxylation is 1. The van der Waals surface area contributed by atoms with Crippen LogP contribution in [-0.2, 0) is 11.2 Å². The highest BCUT2D eigenvalue weighted by molar-refractivity contribution is 8.16. The van der Waals surface area contributed by atoms with Crippen LogP contribution in [0.5, 0.6) is 5.75 Å². The molecule has 148 valence electrons. The summed E-state index contributed by atoms with van der Waals surface area (Å²) in [6.45, 7) is 1.91. The largest absolute Gasteiger partial charge is 0.484 e. The van der Waals surface area contributed by atoms with Crippen molar-refractivity contribution >= 4 is 35.3 Å². The molecule has 0 aliphatic carbocycles. The van der Waals surface area contributed by atoms with Crippen LogP contribution in [0.2, 0.25) is 0 Å². The topological polar surface area (TPSA) is 67.4 Å². The summed E-state index contributed by atoms with van der Waals surface area (Å²) >= 11 is 3.88. The highest BCUT2D eigenvalue weighted by Crippen LogP contribution is 2.43. The normalized spacial score (nSPS) is 14.3. The van der Waals surface area contributed by atoms with Gasteiger partial charge in [-0.15, -0.1) is 23.5 Å². The van der Waals surface area contributed by atoms with Gasteiger partial charge in [-0.05, 0) is 59.7 Å². The van der Waals surface area contributed by atoms with Crippen LogP contribution in [0.25, 0.3) is 0 Å². The molecule has 0 saturated carbocycles. The van der Waals surface area contributed by atoms with Gasteiger partial charge in [0, 0.05) is 5.56 Å². The first-order valence-electron chi connectivity index (χ1n) is 9.30. The molecule has 2 aromatic carbocycles. The van der Waals surface area contributed by atoms with Crippen molar-refractivity contribution in [3.05, 3.63) is 65.2 Å². The number of carbonyl (C=O) groups is 2. The standard InChI is InChI=1S/C21H24N2O3S2/c1-2-15-4-10-18(11-5-15)26-14-19(24)22-23-20(25)16-6-8-17(9-7-16)21-27-12-3-13-28-21/h4-11,21H,2-3,12-14H2,1H3,(H,22,24)(H,23,25). The minimum atomic E-state index is -0.417. The molecule has 2 aromatic rings. The lowest BCUT2D eigenvalue weighted by molar-refractivity contribution is -0.123. The minimum absolute atomic E-state index is 0.166. The molecular formula is C21H24N2O3S2. The molecule has 2 amide bonds. The van der Waals surface area contributed by atoms with Crippen LogP contribution < -0.4 is 15.6 Å². The van der Waals surface area contributed by atoms with Gasteiger partial charge in [0.1, 0.15) is 5.75 Å². The molecule has 0 atom stereocenters. The molecule has 1 aliphatic heterocycles. The van der Waals surface area contributed by atoms with Crippen molar-refractivity contribution in [3.8, 4) is 5.75 Å². The fraction of sp³-hybridized carbons (Fsp3) is 0.333. The smallest absolute Gasteiger partial charge is 0.276 e. The van der Waals surface area contributed by atoms with E-state index in [-0.39, 0.29) is 12.5 Å². The molecule has 1 saturated heterocycles. The second-order valence-electron chi connectivity index (χ2n) is 6.34. The van der Waals surface area contributed by atoms with E-state index < -0.39 is 5.91 Å². The number of amides is 2. The molecule has 5 nitrogen and oxygen atoms in total. The molecule has 0 bridgehead atoms. The molecular weight excluding hydrogens is 392 g/mol. The Labute approximate surface area is 174 Å². The van der Waals surface area contributed by atoms with Crippen LogP contribution in [0.3, 0.4) is 0 Å². The van der Waals surface area contributed by atoms with Gasteiger partial charge >= 0.3 is 0 Å². The maximum absolute atomic E-state index is 12.2. The first-order valence-corrected chi connectivity index (χ1v) is 11.4. The second kappa shape index (κ2) is 10.4. The fourth-order valence-electron chi connectivity index (χ4n) is 2.68. The van der Waals surface area contributed by atoms with E-state index in [0.717, 1.165) is 6.42 Å². The van der Waals surface area contributed by atoms with E-state index in [2.05, 4.69) is 17.8 Å². The van der Waals surface area contributed by atoms with Crippen molar-refractivity contribution in [2.24, 2.45) is 0 Å². The molecule has 7 heteroatoms. The Morgan fingerprint density at radius 3 is 2.32 bits per heavy atom. The van der Waals surface area contributed by atoms with Gasteiger partial charge < -0.3 is 4.74 Å². The van der Waals surface area contributed by atoms with Gasteiger partial charge in [0.25, 0.3) is 11.8 Å². The van der Waals surface area contributed by atoms with Crippen molar-refractivity contribution < 1.29 is 14.3 Å². The van der Waals surface area contributed by atoms with Gasteiger partial charge in [0.15, 0.2) is 6.61 Å². The molecule has 0 aromatic heterocycles. The number of nitrogens with one attached hydrogen (secondary N) is 2. The van der Waals surface area contributed by atoms with E-state index in [1.807, 2.05) is 59.9 Å². The fourth-order valence-corrected chi connectivity index (χ4v) is 5.57. The summed E-state index contributed by atoms with van der Waals surface area (Å²) in [4.78, 5) is 24.1. The maximum atomic E-state index is 12.2. The van der Waals surface area contributed by atoms with E-state index in [1.165, 1.54) is 29.1 Å². The van der Waals surface area contributed by atoms with E-state index in [9.17, 15) is 9.59 Å². The van der Waals surface area contributed by atoms with Gasteiger partial charge in [-0.2, -0.15) is 0 Å². The third kappa shape index (κ3) is 5.94. The number of carbonyl (C=O) groups excluding carboxylic acids is 2. The Hall–Kier alpha value is -2.12. The Morgan fingerprint density at radius 2 is 1.68 bits per heavy atom. The summed E-state index contributed by atoms with van der Waals surface area (Å²) in [6.07, 6.45) is 2.20. The predicted octanol–water partition coefficient (Wildman–Crippen LogP) is 3.96. The average molecular weight is 417 g/mol. The Morgan fingerprint density at radius 1 is 1.00 bits per heavy atom. The predicted molar refractivity (Wildman–Crippen MR) is 116 cm³/mol. The number of hydrogen-bond donors (Lipinski definition) is 2. The number of hydrazine groups is 1. The van der Waals surface area contributed by atoms with Crippen molar-refractivity contribution in [3.63, 3.8) is 0 Å². The molecule has 1 heterocycles. The summed E-state index contributed by atoms with van der Waals surface area (Å²) in [5, 5.41) is 0. The highest BCUT2D eigenvalue weighted by Gasteiger charge is 2.17. The number of hydrogen-bond acceptors (Lipinski definition) is 5. The van der Waals surface area contributed by atoms with Gasteiger partial charge in [-0.1, -0.05) is 31.2 Å². The summed E-state index contributed by atoms with van der Waals surface area (Å²) < 4.78 is 5.86. The molecule has 2 N–H and O–H groups in total. The first kappa shape index (κ1) is 20.6. The molecule has 28 heavy (non-hydrogen) atoms. The quantitative estimate of drug-likeness (QED) is 0.698. The van der Waals surface area contributed by atoms with E-state index in [4.69, 9.17) is 4.74 Å². The van der Waals surface area contributed by atoms with Crippen LogP contribution in [0, 0.1) is 0 Å². The molecule has 1 aliphatic rings. The second-order valence-corrected chi connectivity index (χ2v) is 9.06. The van der Waals surface area contributed by atoms with Crippen LogP contribution >= 0.6 is 23.5 Å². The lowest BCUT2D eigenvalue weighted by Gasteiger charge is -2.21. The zero-order valence-electron chi connectivity index (χ0n) is 15.8. The molecule has 3 rings (SSSR count). The van der Waals surface area contributed by atoms with Crippen molar-refractivity contribution in [2.75, 3.05) is 18.1 Å². The van der Waals surface area contributed by atoms with Gasteiger partial charge in [0.05, 0.1) is 4.58 Å². The van der Waals surface area contributed by atoms with Gasteiger partial charge in [-0.25, -0.2) is 0 Å². The highest BCUT2D eigenvalue weighted by atomic mass is 32.2. The number of benzene rings is 2. The number of rotatable bonds is 6. The zero-order valence-corrected chi connectivity index (χ0v) is 17.4. The molecule has 1 fully saturated rings. The average Bonchev–Trinajstić information content (AvgIpc) is 2.77. The van der Waals surface area contributed by atoms with Crippen molar-refractivity contribution in [1.29, 1.82) is 0 Å². The zero-order chi connectivity index (χ0) is 19.8. The van der Waals surface area contributed by atoms with Crippen LogP contribution in [-0.4, -0.2) is 29.9 Å². The van der Waals surface area contributed by atoms with Gasteiger partial charge in [-0.3, -0.25) is 20.4 Å². The van der Waals surface area contributed by atoms with Crippen LogP contribution in [0.4, 0.5) is 0 Å². The van der Waals surface area contributed by atoms with Crippen molar-refractivity contribution in [2.45, 2.75) is 24.3 Å². The SMILES string of the molecule is CCc1ccc(OCC(=O)NNC(=O)c2ccc(C3SCCCS3)cc2)cc1. The van der Waals surface area contributed by atoms with Gasteiger partial charge in [0.2, 0.25) is 0 Å². The number of thioether (sulfide) groups is 2. The molecule has 0 spiro atoms. The first-order chi connectivity index (χ1) is 13.7. The monoisotopic (exact) mass is 416 g/mol. The summed E-state index contributed by atoms with van der Waals surface area (Å²) in [6, 6.07) is 15.1. The molecule has 0 unspecified atom stereocenters. The molecule has 0 radical (unpaired) electrons. The van der Waals surface area contributed by atoms with Crippen LogP contribution in [0.1, 0.15) is 39.4 Å². The van der Waals surface area contributed by atoms with Crippen LogP contribution in [0.15, 0.2) is 48.5 Å². The lowest BCUT2D eigenvalue weighted by atomic mass is 10.1. The Kier molecular flexibility index (Phi) is 7.68. The minimum Gasteiger partial charge on any atom is -0.484 e. The third-order valence-corrected chi connectivity index (χ3v) is 7.30. The Bertz CT molecular complexity index is 788. The third-order valence-electron chi connectivity index (χ3n) is 4.29.